The highest BCUT2D eigenvalue weighted by Crippen LogP contribution is 2.37. The molecule has 1 aliphatic rings. The summed E-state index contributed by atoms with van der Waals surface area (Å²) in [6, 6.07) is 10.4. The van der Waals surface area contributed by atoms with Gasteiger partial charge in [0, 0.05) is 24.2 Å². The number of nitrogens with one attached hydrogen (secondary N) is 1. The van der Waals surface area contributed by atoms with Gasteiger partial charge in [-0.25, -0.2) is 14.9 Å². The van der Waals surface area contributed by atoms with Crippen LogP contribution >= 0.6 is 0 Å². The van der Waals surface area contributed by atoms with E-state index in [9.17, 15) is 4.79 Å². The number of fused-ring (bicyclic) bond motifs is 1. The average molecular weight is 390 g/mol. The number of aromatic amines is 1. The van der Waals surface area contributed by atoms with E-state index in [4.69, 9.17) is 10.2 Å². The fraction of sp³-hybridized carbons (Fsp3) is 0.333. The van der Waals surface area contributed by atoms with Crippen molar-refractivity contribution >= 4 is 11.5 Å². The molecule has 0 amide bonds. The van der Waals surface area contributed by atoms with Gasteiger partial charge in [0.25, 0.3) is 0 Å². The third-order valence-corrected chi connectivity index (χ3v) is 5.94. The van der Waals surface area contributed by atoms with E-state index in [1.807, 2.05) is 6.07 Å². The summed E-state index contributed by atoms with van der Waals surface area (Å²) >= 11 is 0. The largest absolute Gasteiger partial charge is 0.434 e. The number of hydrogen-bond acceptors (Lipinski definition) is 6. The fourth-order valence-corrected chi connectivity index (χ4v) is 4.34. The van der Waals surface area contributed by atoms with Crippen LogP contribution in [0.25, 0.3) is 16.8 Å². The van der Waals surface area contributed by atoms with Gasteiger partial charge in [-0.2, -0.15) is 9.61 Å². The molecule has 4 aromatic rings. The van der Waals surface area contributed by atoms with Gasteiger partial charge in [-0.15, -0.1) is 5.10 Å². The van der Waals surface area contributed by atoms with Crippen LogP contribution in [0, 0.1) is 5.92 Å². The SMILES string of the molecule is Nc1c(-c2ccc(C3CCC(Cc4n[nH]c(=O)o4)CC3)cc2)cnc2ccnn12. The summed E-state index contributed by atoms with van der Waals surface area (Å²) in [5.41, 5.74) is 10.3. The first-order valence-electron chi connectivity index (χ1n) is 9.90. The van der Waals surface area contributed by atoms with Gasteiger partial charge in [0.1, 0.15) is 5.82 Å². The second-order valence-electron chi connectivity index (χ2n) is 7.71. The van der Waals surface area contributed by atoms with Crippen LogP contribution in [0.4, 0.5) is 5.82 Å². The van der Waals surface area contributed by atoms with Crippen LogP contribution in [0.5, 0.6) is 0 Å². The maximum Gasteiger partial charge on any atom is 0.434 e. The molecule has 0 saturated heterocycles. The molecule has 0 radical (unpaired) electrons. The van der Waals surface area contributed by atoms with Crippen LogP contribution < -0.4 is 11.5 Å². The third-order valence-electron chi connectivity index (χ3n) is 5.94. The molecule has 29 heavy (non-hydrogen) atoms. The van der Waals surface area contributed by atoms with Gasteiger partial charge < -0.3 is 10.2 Å². The van der Waals surface area contributed by atoms with E-state index in [0.717, 1.165) is 48.9 Å². The smallest absolute Gasteiger partial charge is 0.392 e. The van der Waals surface area contributed by atoms with Crippen LogP contribution in [0.3, 0.4) is 0 Å². The molecule has 0 aliphatic heterocycles. The highest BCUT2D eigenvalue weighted by Gasteiger charge is 2.24. The molecule has 3 heterocycles. The Balaban J connectivity index is 1.27. The predicted molar refractivity (Wildman–Crippen MR) is 108 cm³/mol. The van der Waals surface area contributed by atoms with Crippen LogP contribution in [-0.2, 0) is 6.42 Å². The van der Waals surface area contributed by atoms with Crippen LogP contribution in [0.15, 0.2) is 51.9 Å². The Morgan fingerprint density at radius 1 is 1.14 bits per heavy atom. The number of nitrogens with zero attached hydrogens (tertiary/aromatic N) is 4. The van der Waals surface area contributed by atoms with Gasteiger partial charge in [-0.3, -0.25) is 0 Å². The Morgan fingerprint density at radius 3 is 2.66 bits per heavy atom. The summed E-state index contributed by atoms with van der Waals surface area (Å²) in [7, 11) is 0. The predicted octanol–water partition coefficient (Wildman–Crippen LogP) is 3.17. The summed E-state index contributed by atoms with van der Waals surface area (Å²) in [5.74, 6) is 1.71. The van der Waals surface area contributed by atoms with Crippen molar-refractivity contribution in [2.75, 3.05) is 5.73 Å². The zero-order valence-corrected chi connectivity index (χ0v) is 15.9. The van der Waals surface area contributed by atoms with Gasteiger partial charge >= 0.3 is 5.76 Å². The number of H-pyrrole nitrogens is 1. The van der Waals surface area contributed by atoms with Crippen molar-refractivity contribution in [3.8, 4) is 11.1 Å². The molecule has 5 rings (SSSR count). The van der Waals surface area contributed by atoms with Gasteiger partial charge in [0.15, 0.2) is 5.65 Å². The van der Waals surface area contributed by atoms with Crippen LogP contribution in [0.1, 0.15) is 43.1 Å². The molecule has 3 aromatic heterocycles. The van der Waals surface area contributed by atoms with E-state index in [0.29, 0.717) is 23.5 Å². The van der Waals surface area contributed by atoms with E-state index >= 15 is 0 Å². The van der Waals surface area contributed by atoms with E-state index in [-0.39, 0.29) is 0 Å². The van der Waals surface area contributed by atoms with Gasteiger partial charge in [-0.1, -0.05) is 24.3 Å². The highest BCUT2D eigenvalue weighted by atomic mass is 16.4. The molecular weight excluding hydrogens is 368 g/mol. The van der Waals surface area contributed by atoms with Crippen LogP contribution in [-0.4, -0.2) is 24.8 Å². The van der Waals surface area contributed by atoms with Gasteiger partial charge in [-0.05, 0) is 48.6 Å². The van der Waals surface area contributed by atoms with Crippen molar-refractivity contribution in [1.29, 1.82) is 0 Å². The van der Waals surface area contributed by atoms with E-state index in [1.54, 1.807) is 16.9 Å². The second-order valence-corrected chi connectivity index (χ2v) is 7.71. The molecule has 1 aliphatic carbocycles. The van der Waals surface area contributed by atoms with E-state index in [2.05, 4.69) is 44.5 Å². The quantitative estimate of drug-likeness (QED) is 0.553. The zero-order valence-electron chi connectivity index (χ0n) is 15.9. The first kappa shape index (κ1) is 17.7. The topological polar surface area (TPSA) is 115 Å². The molecule has 1 aromatic carbocycles. The minimum absolute atomic E-state index is 0.476. The van der Waals surface area contributed by atoms with Crippen molar-refractivity contribution in [3.63, 3.8) is 0 Å². The number of anilines is 1. The van der Waals surface area contributed by atoms with Crippen molar-refractivity contribution in [1.82, 2.24) is 24.8 Å². The molecule has 1 saturated carbocycles. The number of rotatable bonds is 4. The summed E-state index contributed by atoms with van der Waals surface area (Å²) in [5, 5.41) is 10.5. The molecule has 0 atom stereocenters. The summed E-state index contributed by atoms with van der Waals surface area (Å²) in [6.45, 7) is 0. The molecule has 3 N–H and O–H groups in total. The summed E-state index contributed by atoms with van der Waals surface area (Å²) in [6.07, 6.45) is 8.70. The lowest BCUT2D eigenvalue weighted by Gasteiger charge is -2.28. The number of nitrogens with two attached hydrogens (primary N) is 1. The lowest BCUT2D eigenvalue weighted by molar-refractivity contribution is 0.301. The van der Waals surface area contributed by atoms with Crippen LogP contribution in [0.2, 0.25) is 0 Å². The molecule has 8 nitrogen and oxygen atoms in total. The standard InChI is InChI=1S/C21H22N6O2/c22-20-17(12-23-18-9-10-24-27(18)20)16-7-5-15(6-8-16)14-3-1-13(2-4-14)11-19-25-26-21(28)29-19/h5-10,12-14H,1-4,11,22H2,(H,26,28). The summed E-state index contributed by atoms with van der Waals surface area (Å²) < 4.78 is 6.70. The molecule has 0 spiro atoms. The minimum Gasteiger partial charge on any atom is -0.392 e. The lowest BCUT2D eigenvalue weighted by Crippen LogP contribution is -2.15. The van der Waals surface area contributed by atoms with Gasteiger partial charge in [0.2, 0.25) is 5.89 Å². The molecule has 0 bridgehead atoms. The Kier molecular flexibility index (Phi) is 4.38. The Bertz CT molecular complexity index is 1180. The van der Waals surface area contributed by atoms with Crippen molar-refractivity contribution in [2.24, 2.45) is 5.92 Å². The van der Waals surface area contributed by atoms with E-state index < -0.39 is 5.76 Å². The molecule has 1 fully saturated rings. The number of nitrogen functional groups attached to an aromatic ring is 1. The molecular formula is C21H22N6O2. The number of hydrogen-bond donors (Lipinski definition) is 2. The molecule has 8 heteroatoms. The number of benzene rings is 1. The van der Waals surface area contributed by atoms with Crippen molar-refractivity contribution in [3.05, 3.63) is 64.7 Å². The Hall–Kier alpha value is -3.42. The van der Waals surface area contributed by atoms with E-state index in [1.165, 1.54) is 5.56 Å². The second kappa shape index (κ2) is 7.20. The lowest BCUT2D eigenvalue weighted by atomic mass is 9.77. The first-order chi connectivity index (χ1) is 14.2. The monoisotopic (exact) mass is 390 g/mol. The molecule has 0 unspecified atom stereocenters. The minimum atomic E-state index is -0.476. The van der Waals surface area contributed by atoms with Crippen molar-refractivity contribution in [2.45, 2.75) is 38.0 Å². The average Bonchev–Trinajstić information content (AvgIpc) is 3.38. The third kappa shape index (κ3) is 3.41. The zero-order chi connectivity index (χ0) is 19.8. The number of aromatic nitrogens is 5. The maximum atomic E-state index is 11.1. The normalized spacial score (nSPS) is 19.6. The Morgan fingerprint density at radius 2 is 1.93 bits per heavy atom. The Labute approximate surface area is 166 Å². The molecule has 148 valence electrons. The van der Waals surface area contributed by atoms with Crippen molar-refractivity contribution < 1.29 is 4.42 Å². The summed E-state index contributed by atoms with van der Waals surface area (Å²) in [4.78, 5) is 15.5. The maximum absolute atomic E-state index is 11.1. The highest BCUT2D eigenvalue weighted by molar-refractivity contribution is 5.75. The first-order valence-corrected chi connectivity index (χ1v) is 9.90. The fourth-order valence-electron chi connectivity index (χ4n) is 4.34. The van der Waals surface area contributed by atoms with Gasteiger partial charge in [0.05, 0.1) is 6.20 Å².